The van der Waals surface area contributed by atoms with E-state index in [-0.39, 0.29) is 36.7 Å². The third-order valence-corrected chi connectivity index (χ3v) is 4.38. The van der Waals surface area contributed by atoms with Crippen molar-refractivity contribution in [2.24, 2.45) is 11.7 Å². The fourth-order valence-corrected chi connectivity index (χ4v) is 2.65. The van der Waals surface area contributed by atoms with Crippen LogP contribution in [0.5, 0.6) is 0 Å². The highest BCUT2D eigenvalue weighted by atomic mass is 35.5. The van der Waals surface area contributed by atoms with E-state index in [4.69, 9.17) is 17.3 Å². The summed E-state index contributed by atoms with van der Waals surface area (Å²) in [6.45, 7) is 3.96. The fourth-order valence-electron chi connectivity index (χ4n) is 2.52. The molecule has 0 bridgehead atoms. The van der Waals surface area contributed by atoms with E-state index < -0.39 is 18.0 Å². The first-order valence-electron chi connectivity index (χ1n) is 8.19. The molecule has 1 fully saturated rings. The maximum atomic E-state index is 12.4. The molecular weight excluding hydrogens is 379 g/mol. The minimum Gasteiger partial charge on any atom is -0.346 e. The van der Waals surface area contributed by atoms with E-state index in [9.17, 15) is 14.4 Å². The van der Waals surface area contributed by atoms with Gasteiger partial charge in [-0.15, -0.1) is 12.4 Å². The van der Waals surface area contributed by atoms with Gasteiger partial charge in [-0.25, -0.2) is 0 Å². The molecule has 7 nitrogen and oxygen atoms in total. The molecule has 1 aliphatic rings. The van der Waals surface area contributed by atoms with Gasteiger partial charge in [0, 0.05) is 17.3 Å². The molecule has 4 N–H and O–H groups in total. The number of amides is 3. The summed E-state index contributed by atoms with van der Waals surface area (Å²) in [6, 6.07) is 5.68. The fraction of sp³-hybridized carbons (Fsp3) is 0.471. The maximum absolute atomic E-state index is 12.4. The van der Waals surface area contributed by atoms with Crippen molar-refractivity contribution in [3.63, 3.8) is 0 Å². The topological polar surface area (TPSA) is 105 Å². The molecule has 1 aromatic carbocycles. The summed E-state index contributed by atoms with van der Waals surface area (Å²) in [6.07, 6.45) is 0.507. The molecule has 144 valence electrons. The Labute approximate surface area is 164 Å². The van der Waals surface area contributed by atoms with Crippen molar-refractivity contribution >= 4 is 47.4 Å². The number of halogens is 2. The van der Waals surface area contributed by atoms with E-state index in [0.29, 0.717) is 18.0 Å². The maximum Gasteiger partial charge on any atom is 0.249 e. The molecule has 2 rings (SSSR count). The molecule has 0 radical (unpaired) electrons. The van der Waals surface area contributed by atoms with Gasteiger partial charge >= 0.3 is 0 Å². The average Bonchev–Trinajstić information content (AvgIpc) is 2.93. The lowest BCUT2D eigenvalue weighted by molar-refractivity contribution is -0.128. The van der Waals surface area contributed by atoms with Crippen LogP contribution in [-0.2, 0) is 14.4 Å². The van der Waals surface area contributed by atoms with E-state index in [0.717, 1.165) is 5.69 Å². The number of carbonyl (C=O) groups excluding carboxylic acids is 3. The first-order valence-corrected chi connectivity index (χ1v) is 8.57. The molecule has 1 unspecified atom stereocenters. The minimum absolute atomic E-state index is 0. The van der Waals surface area contributed by atoms with E-state index >= 15 is 0 Å². The molecule has 3 amide bonds. The van der Waals surface area contributed by atoms with Gasteiger partial charge in [0.05, 0.1) is 12.6 Å². The second-order valence-corrected chi connectivity index (χ2v) is 6.80. The molecule has 0 saturated carbocycles. The SMILES string of the molecule is CC(C)[C@H](N)C(=O)NCC(=O)NC1CCN(c2ccc(Cl)cc2)C1=O.Cl. The zero-order chi connectivity index (χ0) is 18.6. The molecule has 0 spiro atoms. The molecule has 1 heterocycles. The van der Waals surface area contributed by atoms with E-state index in [2.05, 4.69) is 10.6 Å². The Bertz CT molecular complexity index is 652. The quantitative estimate of drug-likeness (QED) is 0.661. The van der Waals surface area contributed by atoms with Crippen LogP contribution in [0.15, 0.2) is 24.3 Å². The van der Waals surface area contributed by atoms with Crippen molar-refractivity contribution in [1.29, 1.82) is 0 Å². The molecule has 1 aliphatic heterocycles. The Morgan fingerprint density at radius 2 is 1.92 bits per heavy atom. The molecule has 0 aliphatic carbocycles. The summed E-state index contributed by atoms with van der Waals surface area (Å²) in [5, 5.41) is 5.73. The minimum atomic E-state index is -0.665. The normalized spacial score (nSPS) is 17.7. The Hall–Kier alpha value is -1.83. The number of nitrogens with one attached hydrogen (secondary N) is 2. The van der Waals surface area contributed by atoms with Gasteiger partial charge in [0.25, 0.3) is 0 Å². The van der Waals surface area contributed by atoms with E-state index in [1.165, 1.54) is 0 Å². The van der Waals surface area contributed by atoms with Crippen LogP contribution in [0.1, 0.15) is 20.3 Å². The summed E-state index contributed by atoms with van der Waals surface area (Å²) in [5.74, 6) is -1.00. The third kappa shape index (κ3) is 5.59. The lowest BCUT2D eigenvalue weighted by Crippen LogP contribution is -2.49. The van der Waals surface area contributed by atoms with Crippen LogP contribution < -0.4 is 21.3 Å². The van der Waals surface area contributed by atoms with Crippen molar-refractivity contribution in [3.05, 3.63) is 29.3 Å². The van der Waals surface area contributed by atoms with E-state index in [1.54, 1.807) is 29.2 Å². The van der Waals surface area contributed by atoms with Crippen LogP contribution in [0.2, 0.25) is 5.02 Å². The summed E-state index contributed by atoms with van der Waals surface area (Å²) in [5.41, 5.74) is 6.45. The second-order valence-electron chi connectivity index (χ2n) is 6.36. The van der Waals surface area contributed by atoms with Crippen molar-refractivity contribution in [2.75, 3.05) is 18.0 Å². The molecule has 9 heteroatoms. The van der Waals surface area contributed by atoms with Gasteiger partial charge in [-0.3, -0.25) is 14.4 Å². The van der Waals surface area contributed by atoms with Crippen LogP contribution in [0.3, 0.4) is 0 Å². The Balaban J connectivity index is 0.00000338. The molecule has 1 saturated heterocycles. The largest absolute Gasteiger partial charge is 0.346 e. The highest BCUT2D eigenvalue weighted by Crippen LogP contribution is 2.23. The van der Waals surface area contributed by atoms with Gasteiger partial charge in [-0.1, -0.05) is 25.4 Å². The van der Waals surface area contributed by atoms with Crippen molar-refractivity contribution in [2.45, 2.75) is 32.4 Å². The first kappa shape index (κ1) is 22.2. The number of anilines is 1. The number of benzene rings is 1. The first-order chi connectivity index (χ1) is 11.8. The summed E-state index contributed by atoms with van der Waals surface area (Å²) in [7, 11) is 0. The lowest BCUT2D eigenvalue weighted by atomic mass is 10.1. The van der Waals surface area contributed by atoms with Crippen LogP contribution in [0.25, 0.3) is 0 Å². The molecule has 2 atom stereocenters. The summed E-state index contributed by atoms with van der Waals surface area (Å²) in [4.78, 5) is 37.8. The summed E-state index contributed by atoms with van der Waals surface area (Å²) < 4.78 is 0. The van der Waals surface area contributed by atoms with Gasteiger partial charge in [-0.2, -0.15) is 0 Å². The summed E-state index contributed by atoms with van der Waals surface area (Å²) >= 11 is 5.85. The van der Waals surface area contributed by atoms with Crippen LogP contribution in [0.4, 0.5) is 5.69 Å². The van der Waals surface area contributed by atoms with Crippen LogP contribution in [-0.4, -0.2) is 42.9 Å². The number of nitrogens with two attached hydrogens (primary N) is 1. The number of hydrogen-bond donors (Lipinski definition) is 3. The van der Waals surface area contributed by atoms with Crippen molar-refractivity contribution in [1.82, 2.24) is 10.6 Å². The van der Waals surface area contributed by atoms with Gasteiger partial charge < -0.3 is 21.3 Å². The predicted molar refractivity (Wildman–Crippen MR) is 103 cm³/mol. The molecule has 0 aromatic heterocycles. The Kier molecular flexibility index (Phi) is 8.33. The Morgan fingerprint density at radius 1 is 1.31 bits per heavy atom. The molecule has 1 aromatic rings. The highest BCUT2D eigenvalue weighted by Gasteiger charge is 2.33. The van der Waals surface area contributed by atoms with Gasteiger partial charge in [0.15, 0.2) is 0 Å². The molecule has 26 heavy (non-hydrogen) atoms. The van der Waals surface area contributed by atoms with Crippen molar-refractivity contribution in [3.8, 4) is 0 Å². The van der Waals surface area contributed by atoms with Crippen LogP contribution in [0, 0.1) is 5.92 Å². The predicted octanol–water partition coefficient (Wildman–Crippen LogP) is 1.08. The average molecular weight is 403 g/mol. The van der Waals surface area contributed by atoms with Crippen molar-refractivity contribution < 1.29 is 14.4 Å². The zero-order valence-corrected chi connectivity index (χ0v) is 16.3. The number of rotatable bonds is 6. The lowest BCUT2D eigenvalue weighted by Gasteiger charge is -2.18. The van der Waals surface area contributed by atoms with E-state index in [1.807, 2.05) is 13.8 Å². The Morgan fingerprint density at radius 3 is 2.50 bits per heavy atom. The van der Waals surface area contributed by atoms with Gasteiger partial charge in [-0.05, 0) is 36.6 Å². The monoisotopic (exact) mass is 402 g/mol. The van der Waals surface area contributed by atoms with Gasteiger partial charge in [0.1, 0.15) is 6.04 Å². The zero-order valence-electron chi connectivity index (χ0n) is 14.7. The van der Waals surface area contributed by atoms with Crippen LogP contribution >= 0.6 is 24.0 Å². The smallest absolute Gasteiger partial charge is 0.249 e. The molecular formula is C17H24Cl2N4O3. The number of hydrogen-bond acceptors (Lipinski definition) is 4. The van der Waals surface area contributed by atoms with Gasteiger partial charge in [0.2, 0.25) is 17.7 Å². The third-order valence-electron chi connectivity index (χ3n) is 4.12. The standard InChI is InChI=1S/C17H23ClN4O3.ClH/c1-10(2)15(19)16(24)20-9-14(23)21-13-7-8-22(17(13)25)12-5-3-11(18)4-6-12;/h3-6,10,13,15H,7-9,19H2,1-2H3,(H,20,24)(H,21,23);1H/t13?,15-;/m0./s1. The number of carbonyl (C=O) groups is 3. The number of nitrogens with zero attached hydrogens (tertiary/aromatic N) is 1. The second kappa shape index (κ2) is 9.75. The highest BCUT2D eigenvalue weighted by molar-refractivity contribution is 6.30.